The molecule has 3 fully saturated rings. The largest absolute Gasteiger partial charge is 0.347 e. The second kappa shape index (κ2) is 17.1. The molecule has 5 atom stereocenters. The predicted octanol–water partition coefficient (Wildman–Crippen LogP) is 2.31. The lowest BCUT2D eigenvalue weighted by molar-refractivity contribution is -0.145. The molecule has 2 aliphatic carbocycles. The third kappa shape index (κ3) is 10.1. The van der Waals surface area contributed by atoms with E-state index in [-0.39, 0.29) is 48.9 Å². The van der Waals surface area contributed by atoms with Gasteiger partial charge in [-0.15, -0.1) is 12.3 Å². The molecule has 4 rings (SSSR count). The zero-order valence-electron chi connectivity index (χ0n) is 30.0. The molecule has 0 spiro atoms. The van der Waals surface area contributed by atoms with Crippen molar-refractivity contribution in [3.8, 4) is 12.3 Å². The van der Waals surface area contributed by atoms with Crippen LogP contribution >= 0.6 is 0 Å². The highest BCUT2D eigenvalue weighted by Crippen LogP contribution is 2.33. The summed E-state index contributed by atoms with van der Waals surface area (Å²) in [4.78, 5) is 91.1. The number of hydrogen-bond donors (Lipinski definition) is 4. The van der Waals surface area contributed by atoms with Crippen LogP contribution in [0.2, 0.25) is 0 Å². The van der Waals surface area contributed by atoms with E-state index in [0.717, 1.165) is 44.9 Å². The van der Waals surface area contributed by atoms with E-state index >= 15 is 0 Å². The molecular formula is C37H53N7O6. The smallest absolute Gasteiger partial charge is 0.289 e. The van der Waals surface area contributed by atoms with Crippen molar-refractivity contribution >= 4 is 35.3 Å². The van der Waals surface area contributed by atoms with Crippen molar-refractivity contribution in [2.75, 3.05) is 6.54 Å². The summed E-state index contributed by atoms with van der Waals surface area (Å²) in [5, 5.41) is 11.3. The summed E-state index contributed by atoms with van der Waals surface area (Å²) in [7, 11) is 0. The molecule has 1 aromatic rings. The van der Waals surface area contributed by atoms with Gasteiger partial charge in [-0.25, -0.2) is 4.98 Å². The number of likely N-dealkylation sites (tertiary alicyclic amines) is 1. The van der Waals surface area contributed by atoms with Crippen molar-refractivity contribution in [1.29, 1.82) is 0 Å². The summed E-state index contributed by atoms with van der Waals surface area (Å²) in [5.74, 6) is -1.08. The number of nitrogens with zero attached hydrogens (tertiary/aromatic N) is 3. The minimum Gasteiger partial charge on any atom is -0.347 e. The molecule has 2 saturated carbocycles. The van der Waals surface area contributed by atoms with Crippen molar-refractivity contribution in [1.82, 2.24) is 36.1 Å². The van der Waals surface area contributed by atoms with Gasteiger partial charge in [-0.1, -0.05) is 53.9 Å². The van der Waals surface area contributed by atoms with Crippen LogP contribution in [0.4, 0.5) is 0 Å². The molecule has 50 heavy (non-hydrogen) atoms. The second-order valence-corrected chi connectivity index (χ2v) is 15.4. The van der Waals surface area contributed by atoms with E-state index in [1.54, 1.807) is 0 Å². The molecule has 0 radical (unpaired) electrons. The number of carbonyl (C=O) groups is 6. The third-order valence-corrected chi connectivity index (χ3v) is 10.1. The van der Waals surface area contributed by atoms with E-state index in [2.05, 4.69) is 37.2 Å². The van der Waals surface area contributed by atoms with Crippen LogP contribution in [0.15, 0.2) is 18.6 Å². The fraction of sp³-hybridized carbons (Fsp3) is 0.676. The lowest BCUT2D eigenvalue weighted by Crippen LogP contribution is -2.62. The highest BCUT2D eigenvalue weighted by molar-refractivity contribution is 6.38. The molecule has 13 nitrogen and oxygen atoms in total. The first-order valence-corrected chi connectivity index (χ1v) is 18.0. The molecule has 0 bridgehead atoms. The first-order valence-electron chi connectivity index (χ1n) is 18.0. The maximum absolute atomic E-state index is 14.5. The van der Waals surface area contributed by atoms with Crippen LogP contribution in [0.5, 0.6) is 0 Å². The molecule has 13 heteroatoms. The zero-order valence-corrected chi connectivity index (χ0v) is 30.0. The number of aromatic nitrogens is 2. The molecule has 2 heterocycles. The molecule has 1 aliphatic heterocycles. The Bertz CT molecular complexity index is 1440. The van der Waals surface area contributed by atoms with Crippen LogP contribution in [-0.2, 0) is 24.0 Å². The van der Waals surface area contributed by atoms with Gasteiger partial charge in [0.2, 0.25) is 23.5 Å². The summed E-state index contributed by atoms with van der Waals surface area (Å²) in [6.07, 6.45) is 16.2. The second-order valence-electron chi connectivity index (χ2n) is 15.4. The standard InChI is InChI=1S/C37H53N7O6/c1-7-8-14-26(30(45)35(49)40-25-15-16-25)41-33(47)28-19-24(22(2)3)21-44(28)36(50)31(37(4,5)6)43-34(48)29(23-12-10-9-11-13-23)42-32(46)27-20-38-17-18-39-27/h1,17-18,20,22-26,28-29,31H,8-16,19,21H2,2-6H3,(H,40,49)(H,41,47)(H,42,46)(H,43,48)/t24-,26?,28+,29+,31-/m1/s1. The van der Waals surface area contributed by atoms with Crippen LogP contribution in [0, 0.1) is 35.5 Å². The minimum atomic E-state index is -1.14. The molecule has 1 unspecified atom stereocenters. The van der Waals surface area contributed by atoms with E-state index in [9.17, 15) is 28.8 Å². The van der Waals surface area contributed by atoms with E-state index < -0.39 is 64.9 Å². The van der Waals surface area contributed by atoms with Crippen LogP contribution in [0.25, 0.3) is 0 Å². The van der Waals surface area contributed by atoms with Gasteiger partial charge in [0.15, 0.2) is 0 Å². The Balaban J connectivity index is 1.56. The summed E-state index contributed by atoms with van der Waals surface area (Å²) in [5.41, 5.74) is -0.693. The number of rotatable bonds is 14. The number of terminal acetylenes is 1. The SMILES string of the molecule is C#CCCC(NC(=O)[C@@H]1C[C@@H](C(C)C)CN1C(=O)[C@@H](NC(=O)[C@@H](NC(=O)c1cnccn1)C1CCCCC1)C(C)(C)C)C(=O)C(=O)NC1CC1. The number of nitrogens with one attached hydrogen (secondary N) is 4. The van der Waals surface area contributed by atoms with Gasteiger partial charge in [0, 0.05) is 31.4 Å². The van der Waals surface area contributed by atoms with E-state index in [1.165, 1.54) is 23.5 Å². The monoisotopic (exact) mass is 691 g/mol. The predicted molar refractivity (Wildman–Crippen MR) is 186 cm³/mol. The fourth-order valence-electron chi connectivity index (χ4n) is 6.79. The van der Waals surface area contributed by atoms with Crippen LogP contribution in [0.1, 0.15) is 109 Å². The van der Waals surface area contributed by atoms with Gasteiger partial charge in [0.25, 0.3) is 11.8 Å². The Hall–Kier alpha value is -4.34. The lowest BCUT2D eigenvalue weighted by atomic mass is 9.82. The van der Waals surface area contributed by atoms with Gasteiger partial charge in [0.05, 0.1) is 12.2 Å². The van der Waals surface area contributed by atoms with E-state index in [0.29, 0.717) is 6.42 Å². The summed E-state index contributed by atoms with van der Waals surface area (Å²) >= 11 is 0. The Morgan fingerprint density at radius 1 is 0.960 bits per heavy atom. The van der Waals surface area contributed by atoms with Gasteiger partial charge in [0.1, 0.15) is 23.8 Å². The average Bonchev–Trinajstić information content (AvgIpc) is 3.79. The molecule has 272 valence electrons. The van der Waals surface area contributed by atoms with Crippen molar-refractivity contribution in [3.05, 3.63) is 24.3 Å². The molecule has 5 amide bonds. The number of carbonyl (C=O) groups excluding carboxylic acids is 6. The summed E-state index contributed by atoms with van der Waals surface area (Å²) < 4.78 is 0. The maximum Gasteiger partial charge on any atom is 0.289 e. The van der Waals surface area contributed by atoms with Crippen molar-refractivity contribution in [3.63, 3.8) is 0 Å². The number of Topliss-reactive ketones (excluding diaryl/α,β-unsaturated/α-hetero) is 1. The van der Waals surface area contributed by atoms with Crippen LogP contribution in [0.3, 0.4) is 0 Å². The fourth-order valence-corrected chi connectivity index (χ4v) is 6.79. The molecule has 4 N–H and O–H groups in total. The van der Waals surface area contributed by atoms with Gasteiger partial charge in [-0.2, -0.15) is 0 Å². The molecule has 1 saturated heterocycles. The van der Waals surface area contributed by atoms with Crippen molar-refractivity contribution in [2.45, 2.75) is 129 Å². The number of hydrogen-bond acceptors (Lipinski definition) is 8. The topological polar surface area (TPSA) is 180 Å². The Morgan fingerprint density at radius 3 is 2.24 bits per heavy atom. The molecule has 3 aliphatic rings. The Kier molecular flexibility index (Phi) is 13.1. The summed E-state index contributed by atoms with van der Waals surface area (Å²) in [6, 6.07) is -4.06. The Morgan fingerprint density at radius 2 is 1.66 bits per heavy atom. The third-order valence-electron chi connectivity index (χ3n) is 10.1. The first-order chi connectivity index (χ1) is 23.7. The molecular weight excluding hydrogens is 638 g/mol. The van der Waals surface area contributed by atoms with E-state index in [4.69, 9.17) is 6.42 Å². The van der Waals surface area contributed by atoms with Gasteiger partial charge in [-0.3, -0.25) is 33.8 Å². The molecule has 1 aromatic heterocycles. The first kappa shape index (κ1) is 38.5. The van der Waals surface area contributed by atoms with Gasteiger partial charge >= 0.3 is 0 Å². The lowest BCUT2D eigenvalue weighted by Gasteiger charge is -2.37. The van der Waals surface area contributed by atoms with Crippen LogP contribution < -0.4 is 21.3 Å². The van der Waals surface area contributed by atoms with E-state index in [1.807, 2.05) is 34.6 Å². The van der Waals surface area contributed by atoms with Gasteiger partial charge < -0.3 is 26.2 Å². The number of ketones is 1. The highest BCUT2D eigenvalue weighted by Gasteiger charge is 2.47. The Labute approximate surface area is 295 Å². The van der Waals surface area contributed by atoms with Crippen molar-refractivity contribution in [2.24, 2.45) is 23.2 Å². The van der Waals surface area contributed by atoms with Crippen LogP contribution in [-0.4, -0.2) is 86.9 Å². The maximum atomic E-state index is 14.5. The normalized spacial score (nSPS) is 21.3. The minimum absolute atomic E-state index is 0.0229. The highest BCUT2D eigenvalue weighted by atomic mass is 16.2. The quantitative estimate of drug-likeness (QED) is 0.170. The van der Waals surface area contributed by atoms with Crippen molar-refractivity contribution < 1.29 is 28.8 Å². The zero-order chi connectivity index (χ0) is 36.6. The summed E-state index contributed by atoms with van der Waals surface area (Å²) in [6.45, 7) is 9.82. The molecule has 0 aromatic carbocycles. The number of amides is 5. The average molecular weight is 692 g/mol. The van der Waals surface area contributed by atoms with Gasteiger partial charge in [-0.05, 0) is 61.7 Å².